The Balaban J connectivity index is 2.48. The molecule has 1 fully saturated rings. The molecule has 0 aliphatic carbocycles. The van der Waals surface area contributed by atoms with Crippen LogP contribution in [0.3, 0.4) is 0 Å². The van der Waals surface area contributed by atoms with Crippen LogP contribution in [0.1, 0.15) is 37.1 Å². The Labute approximate surface area is 125 Å². The summed E-state index contributed by atoms with van der Waals surface area (Å²) < 4.78 is 5.45. The molecule has 2 heterocycles. The molecular weight excluding hydrogens is 272 g/mol. The predicted octanol–water partition coefficient (Wildman–Crippen LogP) is 1.46. The fraction of sp³-hybridized carbons (Fsp3) is 0.643. The number of hydrogen-bond acceptors (Lipinski definition) is 5. The van der Waals surface area contributed by atoms with Gasteiger partial charge in [0.25, 0.3) is 0 Å². The second-order valence-corrected chi connectivity index (χ2v) is 5.46. The first kappa shape index (κ1) is 15.1. The van der Waals surface area contributed by atoms with Crippen molar-refractivity contribution in [1.82, 2.24) is 10.2 Å². The molecule has 0 radical (unpaired) electrons. The molecular formula is C14H22N4OS. The van der Waals surface area contributed by atoms with Gasteiger partial charge in [-0.05, 0) is 24.8 Å². The van der Waals surface area contributed by atoms with Gasteiger partial charge in [-0.25, -0.2) is 0 Å². The smallest absolute Gasteiger partial charge is 0.161 e. The van der Waals surface area contributed by atoms with E-state index in [-0.39, 0.29) is 0 Å². The molecule has 1 aliphatic rings. The summed E-state index contributed by atoms with van der Waals surface area (Å²) in [6, 6.07) is 0.314. The van der Waals surface area contributed by atoms with Gasteiger partial charge in [-0.15, -0.1) is 5.10 Å². The third kappa shape index (κ3) is 2.76. The SMILES string of the molecule is CCc1nnc(N(C)C2CCOC2)c(C(N)=S)c1CC. The summed E-state index contributed by atoms with van der Waals surface area (Å²) in [5, 5.41) is 8.73. The maximum absolute atomic E-state index is 5.96. The van der Waals surface area contributed by atoms with Crippen LogP contribution in [0.2, 0.25) is 0 Å². The van der Waals surface area contributed by atoms with E-state index in [1.807, 2.05) is 7.05 Å². The van der Waals surface area contributed by atoms with Crippen molar-refractivity contribution in [2.75, 3.05) is 25.2 Å². The van der Waals surface area contributed by atoms with E-state index in [4.69, 9.17) is 22.7 Å². The van der Waals surface area contributed by atoms with E-state index in [1.54, 1.807) is 0 Å². The minimum atomic E-state index is 0.314. The molecule has 2 rings (SSSR count). The average molecular weight is 294 g/mol. The fourth-order valence-corrected chi connectivity index (χ4v) is 2.88. The van der Waals surface area contributed by atoms with Crippen LogP contribution in [0, 0.1) is 0 Å². The minimum Gasteiger partial charge on any atom is -0.389 e. The van der Waals surface area contributed by atoms with Crippen LogP contribution >= 0.6 is 12.2 Å². The van der Waals surface area contributed by atoms with Crippen LogP contribution in [-0.4, -0.2) is 41.5 Å². The van der Waals surface area contributed by atoms with Crippen LogP contribution in [0.15, 0.2) is 0 Å². The average Bonchev–Trinajstić information content (AvgIpc) is 2.98. The fourth-order valence-electron chi connectivity index (χ4n) is 2.67. The number of rotatable bonds is 5. The van der Waals surface area contributed by atoms with Crippen molar-refractivity contribution in [2.45, 2.75) is 39.2 Å². The van der Waals surface area contributed by atoms with Gasteiger partial charge in [0, 0.05) is 13.7 Å². The Morgan fingerprint density at radius 1 is 1.40 bits per heavy atom. The zero-order valence-corrected chi connectivity index (χ0v) is 13.2. The summed E-state index contributed by atoms with van der Waals surface area (Å²) in [6.07, 6.45) is 2.68. The lowest BCUT2D eigenvalue weighted by atomic mass is 10.0. The Morgan fingerprint density at radius 3 is 2.65 bits per heavy atom. The molecule has 0 bridgehead atoms. The molecule has 0 spiro atoms. The van der Waals surface area contributed by atoms with Crippen molar-refractivity contribution in [1.29, 1.82) is 0 Å². The number of anilines is 1. The van der Waals surface area contributed by atoms with Crippen molar-refractivity contribution in [3.63, 3.8) is 0 Å². The summed E-state index contributed by atoms with van der Waals surface area (Å²) >= 11 is 5.26. The number of aryl methyl sites for hydroxylation is 1. The first-order valence-corrected chi connectivity index (χ1v) is 7.49. The van der Waals surface area contributed by atoms with Gasteiger partial charge in [-0.1, -0.05) is 26.1 Å². The molecule has 5 nitrogen and oxygen atoms in total. The Hall–Kier alpha value is -1.27. The third-order valence-corrected chi connectivity index (χ3v) is 4.07. The normalized spacial score (nSPS) is 18.2. The molecule has 20 heavy (non-hydrogen) atoms. The molecule has 1 unspecified atom stereocenters. The molecule has 1 aromatic heterocycles. The Kier molecular flexibility index (Phi) is 4.88. The summed E-state index contributed by atoms with van der Waals surface area (Å²) in [5.41, 5.74) is 8.94. The molecule has 0 saturated carbocycles. The highest BCUT2D eigenvalue weighted by molar-refractivity contribution is 7.80. The standard InChI is InChI=1S/C14H22N4OS/c1-4-10-11(5-2)16-17-14(12(10)13(15)20)18(3)9-6-7-19-8-9/h9H,4-8H2,1-3H3,(H2,15,20). The Morgan fingerprint density at radius 2 is 2.15 bits per heavy atom. The van der Waals surface area contributed by atoms with Gasteiger partial charge in [0.05, 0.1) is 23.9 Å². The highest BCUT2D eigenvalue weighted by Crippen LogP contribution is 2.26. The van der Waals surface area contributed by atoms with Gasteiger partial charge in [0.1, 0.15) is 4.99 Å². The zero-order valence-electron chi connectivity index (χ0n) is 12.3. The van der Waals surface area contributed by atoms with E-state index in [0.29, 0.717) is 17.6 Å². The largest absolute Gasteiger partial charge is 0.389 e. The number of aromatic nitrogens is 2. The molecule has 1 saturated heterocycles. The molecule has 6 heteroatoms. The lowest BCUT2D eigenvalue weighted by molar-refractivity contribution is 0.193. The van der Waals surface area contributed by atoms with E-state index in [0.717, 1.165) is 48.5 Å². The molecule has 1 aliphatic heterocycles. The van der Waals surface area contributed by atoms with Crippen molar-refractivity contribution < 1.29 is 4.74 Å². The Bertz CT molecular complexity index is 500. The second-order valence-electron chi connectivity index (χ2n) is 5.02. The first-order chi connectivity index (χ1) is 9.60. The van der Waals surface area contributed by atoms with Crippen LogP contribution in [0.5, 0.6) is 0 Å². The van der Waals surface area contributed by atoms with E-state index in [1.165, 1.54) is 0 Å². The van der Waals surface area contributed by atoms with Crippen LogP contribution in [-0.2, 0) is 17.6 Å². The van der Waals surface area contributed by atoms with E-state index in [2.05, 4.69) is 28.9 Å². The van der Waals surface area contributed by atoms with Crippen molar-refractivity contribution in [3.05, 3.63) is 16.8 Å². The first-order valence-electron chi connectivity index (χ1n) is 7.08. The number of thiocarbonyl (C=S) groups is 1. The number of nitrogens with zero attached hydrogens (tertiary/aromatic N) is 3. The number of ether oxygens (including phenoxy) is 1. The van der Waals surface area contributed by atoms with E-state index >= 15 is 0 Å². The van der Waals surface area contributed by atoms with Crippen LogP contribution in [0.25, 0.3) is 0 Å². The molecule has 1 atom stereocenters. The van der Waals surface area contributed by atoms with Gasteiger partial charge in [-0.2, -0.15) is 5.10 Å². The van der Waals surface area contributed by atoms with Crippen molar-refractivity contribution in [3.8, 4) is 0 Å². The lowest BCUT2D eigenvalue weighted by Crippen LogP contribution is -2.35. The minimum absolute atomic E-state index is 0.314. The lowest BCUT2D eigenvalue weighted by Gasteiger charge is -2.27. The summed E-state index contributed by atoms with van der Waals surface area (Å²) in [5.74, 6) is 0.780. The molecule has 1 aromatic rings. The zero-order chi connectivity index (χ0) is 14.7. The van der Waals surface area contributed by atoms with Crippen LogP contribution in [0.4, 0.5) is 5.82 Å². The highest BCUT2D eigenvalue weighted by Gasteiger charge is 2.26. The molecule has 2 N–H and O–H groups in total. The number of likely N-dealkylation sites (N-methyl/N-ethyl adjacent to an activating group) is 1. The van der Waals surface area contributed by atoms with Crippen molar-refractivity contribution in [2.24, 2.45) is 5.73 Å². The van der Waals surface area contributed by atoms with Crippen molar-refractivity contribution >= 4 is 23.0 Å². The van der Waals surface area contributed by atoms with Gasteiger partial charge in [0.2, 0.25) is 0 Å². The third-order valence-electron chi connectivity index (χ3n) is 3.86. The number of nitrogens with two attached hydrogens (primary N) is 1. The van der Waals surface area contributed by atoms with E-state index in [9.17, 15) is 0 Å². The maximum atomic E-state index is 5.96. The molecule has 0 amide bonds. The van der Waals surface area contributed by atoms with Gasteiger partial charge >= 0.3 is 0 Å². The summed E-state index contributed by atoms with van der Waals surface area (Å²) in [4.78, 5) is 2.50. The predicted molar refractivity (Wildman–Crippen MR) is 84.3 cm³/mol. The quantitative estimate of drug-likeness (QED) is 0.830. The van der Waals surface area contributed by atoms with Gasteiger partial charge in [-0.3, -0.25) is 0 Å². The number of hydrogen-bond donors (Lipinski definition) is 1. The van der Waals surface area contributed by atoms with Crippen LogP contribution < -0.4 is 10.6 Å². The molecule has 0 aromatic carbocycles. The highest BCUT2D eigenvalue weighted by atomic mass is 32.1. The maximum Gasteiger partial charge on any atom is 0.161 e. The van der Waals surface area contributed by atoms with Gasteiger partial charge < -0.3 is 15.4 Å². The van der Waals surface area contributed by atoms with Gasteiger partial charge in [0.15, 0.2) is 5.82 Å². The summed E-state index contributed by atoms with van der Waals surface area (Å²) in [7, 11) is 2.01. The monoisotopic (exact) mass is 294 g/mol. The second kappa shape index (κ2) is 6.45. The summed E-state index contributed by atoms with van der Waals surface area (Å²) in [6.45, 7) is 5.67. The topological polar surface area (TPSA) is 64.3 Å². The molecule has 110 valence electrons. The van der Waals surface area contributed by atoms with E-state index < -0.39 is 0 Å².